The Labute approximate surface area is 162 Å². The summed E-state index contributed by atoms with van der Waals surface area (Å²) in [6.45, 7) is 10.5. The molecule has 3 rings (SSSR count). The highest BCUT2D eigenvalue weighted by molar-refractivity contribution is 5.64. The van der Waals surface area contributed by atoms with Gasteiger partial charge in [-0.05, 0) is 55.7 Å². The van der Waals surface area contributed by atoms with Crippen LogP contribution in [0.4, 0.5) is 0 Å². The van der Waals surface area contributed by atoms with Gasteiger partial charge < -0.3 is 9.47 Å². The quantitative estimate of drug-likeness (QED) is 0.469. The SMILES string of the molecule is C=Cc1cc(OCc2ccc(-c3ccc(C)cc3)cc2)ccc1OC(C)C. The topological polar surface area (TPSA) is 18.5 Å². The first-order chi connectivity index (χ1) is 13.0. The van der Waals surface area contributed by atoms with Crippen molar-refractivity contribution in [2.75, 3.05) is 0 Å². The van der Waals surface area contributed by atoms with Crippen molar-refractivity contribution in [2.24, 2.45) is 0 Å². The van der Waals surface area contributed by atoms with Crippen molar-refractivity contribution in [1.29, 1.82) is 0 Å². The summed E-state index contributed by atoms with van der Waals surface area (Å²) in [7, 11) is 0. The number of ether oxygens (including phenoxy) is 2. The van der Waals surface area contributed by atoms with Gasteiger partial charge in [-0.15, -0.1) is 0 Å². The third-order valence-corrected chi connectivity index (χ3v) is 4.31. The molecule has 0 amide bonds. The molecule has 0 spiro atoms. The van der Waals surface area contributed by atoms with Crippen molar-refractivity contribution in [3.8, 4) is 22.6 Å². The smallest absolute Gasteiger partial charge is 0.127 e. The zero-order chi connectivity index (χ0) is 19.2. The molecule has 0 saturated heterocycles. The van der Waals surface area contributed by atoms with Gasteiger partial charge in [-0.3, -0.25) is 0 Å². The third kappa shape index (κ3) is 5.01. The maximum Gasteiger partial charge on any atom is 0.127 e. The van der Waals surface area contributed by atoms with Crippen molar-refractivity contribution in [1.82, 2.24) is 0 Å². The third-order valence-electron chi connectivity index (χ3n) is 4.31. The Hall–Kier alpha value is -3.00. The highest BCUT2D eigenvalue weighted by atomic mass is 16.5. The lowest BCUT2D eigenvalue weighted by atomic mass is 10.0. The molecule has 0 aliphatic carbocycles. The molecular weight excluding hydrogens is 332 g/mol. The molecule has 0 fully saturated rings. The maximum absolute atomic E-state index is 5.95. The van der Waals surface area contributed by atoms with Crippen LogP contribution < -0.4 is 9.47 Å². The minimum Gasteiger partial charge on any atom is -0.490 e. The van der Waals surface area contributed by atoms with Crippen LogP contribution in [0.1, 0.15) is 30.5 Å². The summed E-state index contributed by atoms with van der Waals surface area (Å²) in [6, 6.07) is 22.9. The number of rotatable bonds is 7. The van der Waals surface area contributed by atoms with Crippen molar-refractivity contribution in [3.63, 3.8) is 0 Å². The lowest BCUT2D eigenvalue weighted by Crippen LogP contribution is -2.06. The van der Waals surface area contributed by atoms with Gasteiger partial charge in [0, 0.05) is 5.56 Å². The lowest BCUT2D eigenvalue weighted by Gasteiger charge is -2.14. The first kappa shape index (κ1) is 18.8. The number of hydrogen-bond donors (Lipinski definition) is 0. The number of benzene rings is 3. The zero-order valence-corrected chi connectivity index (χ0v) is 16.2. The second-order valence-electron chi connectivity index (χ2n) is 6.92. The van der Waals surface area contributed by atoms with Gasteiger partial charge in [0.05, 0.1) is 6.10 Å². The van der Waals surface area contributed by atoms with Crippen molar-refractivity contribution < 1.29 is 9.47 Å². The zero-order valence-electron chi connectivity index (χ0n) is 16.2. The molecule has 0 N–H and O–H groups in total. The molecule has 0 heterocycles. The second kappa shape index (κ2) is 8.59. The van der Waals surface area contributed by atoms with E-state index in [1.807, 2.05) is 32.0 Å². The predicted molar refractivity (Wildman–Crippen MR) is 113 cm³/mol. The van der Waals surface area contributed by atoms with E-state index >= 15 is 0 Å². The van der Waals surface area contributed by atoms with Crippen LogP contribution in [0.5, 0.6) is 11.5 Å². The average molecular weight is 358 g/mol. The molecule has 0 atom stereocenters. The molecule has 2 nitrogen and oxygen atoms in total. The molecule has 27 heavy (non-hydrogen) atoms. The van der Waals surface area contributed by atoms with Crippen LogP contribution in [0.2, 0.25) is 0 Å². The summed E-state index contributed by atoms with van der Waals surface area (Å²) in [5.74, 6) is 1.64. The van der Waals surface area contributed by atoms with Gasteiger partial charge in [-0.1, -0.05) is 66.7 Å². The minimum atomic E-state index is 0.127. The molecular formula is C25H26O2. The molecule has 0 aliphatic heterocycles. The first-order valence-corrected chi connectivity index (χ1v) is 9.27. The maximum atomic E-state index is 5.95. The van der Waals surface area contributed by atoms with E-state index in [1.54, 1.807) is 6.08 Å². The Balaban J connectivity index is 1.66. The van der Waals surface area contributed by atoms with Crippen LogP contribution in [-0.4, -0.2) is 6.10 Å². The molecule has 0 radical (unpaired) electrons. The molecule has 0 aliphatic rings. The minimum absolute atomic E-state index is 0.127. The fourth-order valence-electron chi connectivity index (χ4n) is 2.84. The van der Waals surface area contributed by atoms with E-state index < -0.39 is 0 Å². The van der Waals surface area contributed by atoms with E-state index in [0.29, 0.717) is 6.61 Å². The van der Waals surface area contributed by atoms with E-state index in [0.717, 1.165) is 22.6 Å². The van der Waals surface area contributed by atoms with E-state index in [2.05, 4.69) is 62.0 Å². The van der Waals surface area contributed by atoms with Crippen LogP contribution in [0.25, 0.3) is 17.2 Å². The highest BCUT2D eigenvalue weighted by Crippen LogP contribution is 2.27. The van der Waals surface area contributed by atoms with Gasteiger partial charge in [-0.2, -0.15) is 0 Å². The fourth-order valence-corrected chi connectivity index (χ4v) is 2.84. The summed E-state index contributed by atoms with van der Waals surface area (Å²) in [6.07, 6.45) is 1.92. The Bertz CT molecular complexity index is 891. The second-order valence-corrected chi connectivity index (χ2v) is 6.92. The molecule has 3 aromatic rings. The summed E-state index contributed by atoms with van der Waals surface area (Å²) in [5, 5.41) is 0. The number of aryl methyl sites for hydroxylation is 1. The largest absolute Gasteiger partial charge is 0.490 e. The summed E-state index contributed by atoms with van der Waals surface area (Å²) in [5.41, 5.74) is 5.78. The van der Waals surface area contributed by atoms with E-state index in [1.165, 1.54) is 16.7 Å². The van der Waals surface area contributed by atoms with Gasteiger partial charge in [-0.25, -0.2) is 0 Å². The van der Waals surface area contributed by atoms with Crippen LogP contribution in [0.3, 0.4) is 0 Å². The van der Waals surface area contributed by atoms with E-state index in [9.17, 15) is 0 Å². The van der Waals surface area contributed by atoms with E-state index in [-0.39, 0.29) is 6.10 Å². The normalized spacial score (nSPS) is 10.7. The van der Waals surface area contributed by atoms with Crippen LogP contribution in [0, 0.1) is 6.92 Å². The molecule has 3 aromatic carbocycles. The van der Waals surface area contributed by atoms with Gasteiger partial charge in [0.2, 0.25) is 0 Å². The summed E-state index contributed by atoms with van der Waals surface area (Å²) >= 11 is 0. The Kier molecular flexibility index (Phi) is 5.97. The monoisotopic (exact) mass is 358 g/mol. The predicted octanol–water partition coefficient (Wildman–Crippen LogP) is 6.67. The molecule has 0 saturated carbocycles. The van der Waals surface area contributed by atoms with Crippen LogP contribution in [-0.2, 0) is 6.61 Å². The molecule has 138 valence electrons. The fraction of sp³-hybridized carbons (Fsp3) is 0.200. The van der Waals surface area contributed by atoms with Crippen molar-refractivity contribution >= 4 is 6.08 Å². The lowest BCUT2D eigenvalue weighted by molar-refractivity contribution is 0.241. The van der Waals surface area contributed by atoms with Crippen LogP contribution >= 0.6 is 0 Å². The van der Waals surface area contributed by atoms with Crippen LogP contribution in [0.15, 0.2) is 73.3 Å². The molecule has 0 aromatic heterocycles. The molecule has 0 bridgehead atoms. The van der Waals surface area contributed by atoms with Gasteiger partial charge in [0.25, 0.3) is 0 Å². The van der Waals surface area contributed by atoms with E-state index in [4.69, 9.17) is 9.47 Å². The average Bonchev–Trinajstić information content (AvgIpc) is 2.68. The Morgan fingerprint density at radius 1 is 0.889 bits per heavy atom. The Morgan fingerprint density at radius 2 is 1.52 bits per heavy atom. The molecule has 0 unspecified atom stereocenters. The highest BCUT2D eigenvalue weighted by Gasteiger charge is 2.06. The standard InChI is InChI=1S/C25H26O2/c1-5-21-16-24(14-15-25(21)27-18(2)3)26-17-20-8-12-23(13-9-20)22-10-6-19(4)7-11-22/h5-16,18H,1,17H2,2-4H3. The first-order valence-electron chi connectivity index (χ1n) is 9.27. The summed E-state index contributed by atoms with van der Waals surface area (Å²) < 4.78 is 11.7. The molecule has 2 heteroatoms. The van der Waals surface area contributed by atoms with Crippen molar-refractivity contribution in [2.45, 2.75) is 33.5 Å². The van der Waals surface area contributed by atoms with Gasteiger partial charge in [0.1, 0.15) is 18.1 Å². The van der Waals surface area contributed by atoms with Gasteiger partial charge >= 0.3 is 0 Å². The Morgan fingerprint density at radius 3 is 2.11 bits per heavy atom. The number of hydrogen-bond acceptors (Lipinski definition) is 2. The van der Waals surface area contributed by atoms with Crippen molar-refractivity contribution in [3.05, 3.63) is 90.0 Å². The summed E-state index contributed by atoms with van der Waals surface area (Å²) in [4.78, 5) is 0. The van der Waals surface area contributed by atoms with Gasteiger partial charge in [0.15, 0.2) is 0 Å².